The fourth-order valence-corrected chi connectivity index (χ4v) is 3.76. The summed E-state index contributed by atoms with van der Waals surface area (Å²) in [4.78, 5) is 0. The van der Waals surface area contributed by atoms with Gasteiger partial charge in [-0.2, -0.15) is 0 Å². The van der Waals surface area contributed by atoms with Crippen LogP contribution in [0.3, 0.4) is 0 Å². The van der Waals surface area contributed by atoms with Gasteiger partial charge < -0.3 is 0 Å². The Morgan fingerprint density at radius 3 is 1.23 bits per heavy atom. The predicted molar refractivity (Wildman–Crippen MR) is 105 cm³/mol. The first-order valence-corrected chi connectivity index (χ1v) is 10.6. The van der Waals surface area contributed by atoms with Gasteiger partial charge in [-0.1, -0.05) is 107 Å². The Hall–Kier alpha value is -1.48. The van der Waals surface area contributed by atoms with Crippen LogP contribution in [0, 0.1) is 0 Å². The van der Waals surface area contributed by atoms with E-state index in [-0.39, 0.29) is 7.92 Å². The average molecular weight is 324 g/mol. The molecular weight excluding hydrogens is 302 g/mol. The molecule has 0 amide bonds. The van der Waals surface area contributed by atoms with Crippen molar-refractivity contribution in [1.29, 1.82) is 0 Å². The first-order chi connectivity index (χ1) is 10.8. The molecule has 0 aliphatic heterocycles. The largest absolute Gasteiger partial charge is 0.0817 e. The van der Waals surface area contributed by atoms with Crippen molar-refractivity contribution in [2.45, 2.75) is 0 Å². The molecule has 0 radical (unpaired) electrons. The van der Waals surface area contributed by atoms with Gasteiger partial charge >= 0.3 is 0 Å². The lowest BCUT2D eigenvalue weighted by molar-refractivity contribution is 1.76. The van der Waals surface area contributed by atoms with Crippen LogP contribution in [0.15, 0.2) is 91.0 Å². The van der Waals surface area contributed by atoms with Crippen molar-refractivity contribution in [3.05, 3.63) is 91.0 Å². The zero-order chi connectivity index (χ0) is 15.6. The summed E-state index contributed by atoms with van der Waals surface area (Å²) in [7, 11) is 0.881. The Balaban J connectivity index is 0.000000172. The lowest BCUT2D eigenvalue weighted by atomic mass is 10.4. The molecule has 0 nitrogen and oxygen atoms in total. The molecule has 0 N–H and O–H groups in total. The van der Waals surface area contributed by atoms with Gasteiger partial charge in [0, 0.05) is 0 Å². The molecule has 0 heterocycles. The van der Waals surface area contributed by atoms with Crippen LogP contribution in [-0.2, 0) is 0 Å². The lowest BCUT2D eigenvalue weighted by Crippen LogP contribution is -2.01. The number of benzene rings is 3. The Bertz CT molecular complexity index is 597. The summed E-state index contributed by atoms with van der Waals surface area (Å²) in [6.45, 7) is 4.54. The fourth-order valence-electron chi connectivity index (χ4n) is 1.94. The minimum atomic E-state index is 0.104. The van der Waals surface area contributed by atoms with E-state index in [1.807, 2.05) is 0 Å². The molecule has 0 saturated carbocycles. The van der Waals surface area contributed by atoms with E-state index in [1.165, 1.54) is 15.9 Å². The molecule has 0 bridgehead atoms. The molecule has 0 saturated heterocycles. The highest BCUT2D eigenvalue weighted by Crippen LogP contribution is 2.22. The third-order valence-electron chi connectivity index (χ3n) is 3.11. The van der Waals surface area contributed by atoms with E-state index >= 15 is 0 Å². The molecule has 2 heteroatoms. The molecule has 3 aromatic carbocycles. The van der Waals surface area contributed by atoms with Crippen LogP contribution in [0.5, 0.6) is 0 Å². The van der Waals surface area contributed by atoms with Crippen molar-refractivity contribution < 1.29 is 0 Å². The summed E-state index contributed by atoms with van der Waals surface area (Å²) in [5.74, 6) is 0. The maximum Gasteiger partial charge on any atom is -0.0226 e. The van der Waals surface area contributed by atoms with Crippen LogP contribution >= 0.6 is 16.5 Å². The van der Waals surface area contributed by atoms with Gasteiger partial charge in [0.1, 0.15) is 0 Å². The van der Waals surface area contributed by atoms with E-state index in [0.29, 0.717) is 0 Å². The number of rotatable bonds is 3. The van der Waals surface area contributed by atoms with E-state index < -0.39 is 0 Å². The van der Waals surface area contributed by atoms with Crippen LogP contribution in [0.1, 0.15) is 0 Å². The Kier molecular flexibility index (Phi) is 7.31. The highest BCUT2D eigenvalue weighted by Gasteiger charge is 1.93. The molecule has 0 aliphatic rings. The summed E-state index contributed by atoms with van der Waals surface area (Å²) in [6, 6.07) is 31.8. The minimum Gasteiger partial charge on any atom is -0.0817 e. The number of hydrogen-bond donors (Lipinski definition) is 0. The molecule has 0 fully saturated rings. The number of hydrogen-bond acceptors (Lipinski definition) is 0. The van der Waals surface area contributed by atoms with E-state index in [9.17, 15) is 0 Å². The van der Waals surface area contributed by atoms with Crippen molar-refractivity contribution in [2.24, 2.45) is 0 Å². The molecule has 3 aromatic rings. The molecule has 0 aliphatic carbocycles. The second kappa shape index (κ2) is 9.52. The van der Waals surface area contributed by atoms with Crippen LogP contribution in [0.25, 0.3) is 0 Å². The summed E-state index contributed by atoms with van der Waals surface area (Å²) in [5, 5.41) is 4.27. The Morgan fingerprint density at radius 2 is 0.909 bits per heavy atom. The SMILES string of the molecule is CP(C)c1ccccc1.c1ccc(Pc2ccccc2)cc1. The van der Waals surface area contributed by atoms with Crippen molar-refractivity contribution in [2.75, 3.05) is 13.3 Å². The predicted octanol–water partition coefficient (Wildman–Crippen LogP) is 4.37. The van der Waals surface area contributed by atoms with Gasteiger partial charge in [0.25, 0.3) is 0 Å². The van der Waals surface area contributed by atoms with Crippen molar-refractivity contribution in [3.8, 4) is 0 Å². The topological polar surface area (TPSA) is 0 Å². The molecule has 0 atom stereocenters. The zero-order valence-electron chi connectivity index (χ0n) is 13.1. The van der Waals surface area contributed by atoms with E-state index in [0.717, 1.165) is 8.58 Å². The van der Waals surface area contributed by atoms with Gasteiger partial charge in [0.05, 0.1) is 0 Å². The summed E-state index contributed by atoms with van der Waals surface area (Å²) >= 11 is 0. The Morgan fingerprint density at radius 1 is 0.545 bits per heavy atom. The quantitative estimate of drug-likeness (QED) is 0.628. The minimum absolute atomic E-state index is 0.104. The molecular formula is C20H22P2. The maximum atomic E-state index is 2.27. The highest BCUT2D eigenvalue weighted by atomic mass is 31.1. The lowest BCUT2D eigenvalue weighted by Gasteiger charge is -2.02. The second-order valence-electron chi connectivity index (χ2n) is 5.09. The van der Waals surface area contributed by atoms with Crippen molar-refractivity contribution >= 4 is 32.4 Å². The third-order valence-corrected chi connectivity index (χ3v) is 5.68. The maximum absolute atomic E-state index is 2.27. The molecule has 0 spiro atoms. The molecule has 0 unspecified atom stereocenters. The standard InChI is InChI=1S/C12H11P.C8H11P/c1-3-7-11(8-4-1)13-12-9-5-2-6-10-12;1-9(2)8-6-4-3-5-7-8/h1-10,13H;3-7H,1-2H3. The molecule has 112 valence electrons. The van der Waals surface area contributed by atoms with E-state index in [4.69, 9.17) is 0 Å². The first kappa shape index (κ1) is 16.9. The normalized spacial score (nSPS) is 9.95. The third kappa shape index (κ3) is 6.10. The van der Waals surface area contributed by atoms with Gasteiger partial charge in [-0.05, 0) is 29.2 Å². The zero-order valence-corrected chi connectivity index (χ0v) is 15.0. The summed E-state index contributed by atoms with van der Waals surface area (Å²) in [6.07, 6.45) is 0. The summed E-state index contributed by atoms with van der Waals surface area (Å²) < 4.78 is 0. The average Bonchev–Trinajstić information content (AvgIpc) is 2.58. The smallest absolute Gasteiger partial charge is 0.0226 e. The van der Waals surface area contributed by atoms with Gasteiger partial charge in [-0.3, -0.25) is 0 Å². The fraction of sp³-hybridized carbons (Fsp3) is 0.100. The monoisotopic (exact) mass is 324 g/mol. The van der Waals surface area contributed by atoms with Gasteiger partial charge in [0.15, 0.2) is 0 Å². The van der Waals surface area contributed by atoms with Gasteiger partial charge in [0.2, 0.25) is 0 Å². The molecule has 3 rings (SSSR count). The second-order valence-corrected chi connectivity index (χ2v) is 8.80. The van der Waals surface area contributed by atoms with Gasteiger partial charge in [-0.25, -0.2) is 0 Å². The summed E-state index contributed by atoms with van der Waals surface area (Å²) in [5.41, 5.74) is 0. The molecule has 0 aromatic heterocycles. The first-order valence-electron chi connectivity index (χ1n) is 7.35. The van der Waals surface area contributed by atoms with Crippen LogP contribution in [0.4, 0.5) is 0 Å². The van der Waals surface area contributed by atoms with E-state index in [1.54, 1.807) is 0 Å². The Labute approximate surface area is 137 Å². The van der Waals surface area contributed by atoms with E-state index in [2.05, 4.69) is 104 Å². The van der Waals surface area contributed by atoms with Crippen molar-refractivity contribution in [1.82, 2.24) is 0 Å². The highest BCUT2D eigenvalue weighted by molar-refractivity contribution is 7.64. The van der Waals surface area contributed by atoms with Crippen molar-refractivity contribution in [3.63, 3.8) is 0 Å². The van der Waals surface area contributed by atoms with Gasteiger partial charge in [-0.15, -0.1) is 0 Å². The van der Waals surface area contributed by atoms with Crippen LogP contribution in [0.2, 0.25) is 0 Å². The van der Waals surface area contributed by atoms with Crippen LogP contribution in [-0.4, -0.2) is 13.3 Å². The van der Waals surface area contributed by atoms with Crippen LogP contribution < -0.4 is 15.9 Å². The molecule has 22 heavy (non-hydrogen) atoms.